The fourth-order valence-electron chi connectivity index (χ4n) is 3.17. The first-order chi connectivity index (χ1) is 9.54. The van der Waals surface area contributed by atoms with Gasteiger partial charge in [-0.05, 0) is 45.7 Å². The zero-order valence-electron chi connectivity index (χ0n) is 13.9. The third-order valence-corrected chi connectivity index (χ3v) is 4.38. The number of aryl methyl sites for hydroxylation is 2. The first kappa shape index (κ1) is 21.2. The van der Waals surface area contributed by atoms with Crippen molar-refractivity contribution in [1.29, 1.82) is 0 Å². The molecule has 7 heteroatoms. The Hall–Kier alpha value is -0.780. The van der Waals surface area contributed by atoms with Gasteiger partial charge in [0.1, 0.15) is 0 Å². The monoisotopic (exact) mass is 350 g/mol. The van der Waals surface area contributed by atoms with E-state index in [1.165, 1.54) is 11.3 Å². The highest BCUT2D eigenvalue weighted by Crippen LogP contribution is 2.20. The third-order valence-electron chi connectivity index (χ3n) is 4.38. The SMILES string of the molecule is CNCC1CCCN1C(=O)CCc1c(C)nn(C)c1C.Cl.Cl. The van der Waals surface area contributed by atoms with Gasteiger partial charge in [0, 0.05) is 38.3 Å². The van der Waals surface area contributed by atoms with E-state index in [2.05, 4.69) is 22.2 Å². The number of rotatable bonds is 5. The van der Waals surface area contributed by atoms with E-state index in [0.717, 1.165) is 38.0 Å². The van der Waals surface area contributed by atoms with Crippen LogP contribution >= 0.6 is 24.8 Å². The van der Waals surface area contributed by atoms with E-state index in [1.54, 1.807) is 0 Å². The number of halogens is 2. The second-order valence-corrected chi connectivity index (χ2v) is 5.71. The van der Waals surface area contributed by atoms with E-state index in [-0.39, 0.29) is 30.7 Å². The van der Waals surface area contributed by atoms with Crippen molar-refractivity contribution in [2.75, 3.05) is 20.1 Å². The summed E-state index contributed by atoms with van der Waals surface area (Å²) in [5.74, 6) is 0.283. The molecule has 2 rings (SSSR count). The fourth-order valence-corrected chi connectivity index (χ4v) is 3.17. The summed E-state index contributed by atoms with van der Waals surface area (Å²) >= 11 is 0. The summed E-state index contributed by atoms with van der Waals surface area (Å²) < 4.78 is 1.90. The third kappa shape index (κ3) is 4.61. The van der Waals surface area contributed by atoms with Crippen LogP contribution in [0.15, 0.2) is 0 Å². The van der Waals surface area contributed by atoms with E-state index in [1.807, 2.05) is 25.7 Å². The van der Waals surface area contributed by atoms with Crippen molar-refractivity contribution in [2.45, 2.75) is 45.6 Å². The molecule has 0 saturated carbocycles. The first-order valence-corrected chi connectivity index (χ1v) is 7.47. The molecular formula is C15H28Cl2N4O. The van der Waals surface area contributed by atoms with Crippen molar-refractivity contribution in [3.8, 4) is 0 Å². The van der Waals surface area contributed by atoms with Crippen molar-refractivity contribution in [3.63, 3.8) is 0 Å². The van der Waals surface area contributed by atoms with Gasteiger partial charge in [-0.2, -0.15) is 5.10 Å². The van der Waals surface area contributed by atoms with Gasteiger partial charge in [0.15, 0.2) is 0 Å². The molecule has 1 aromatic rings. The maximum atomic E-state index is 12.4. The number of amides is 1. The molecule has 1 unspecified atom stereocenters. The van der Waals surface area contributed by atoms with Gasteiger partial charge in [-0.3, -0.25) is 9.48 Å². The Labute approximate surface area is 145 Å². The highest BCUT2D eigenvalue weighted by Gasteiger charge is 2.27. The lowest BCUT2D eigenvalue weighted by Crippen LogP contribution is -2.40. The van der Waals surface area contributed by atoms with Gasteiger partial charge in [0.2, 0.25) is 5.91 Å². The molecule has 2 heterocycles. The lowest BCUT2D eigenvalue weighted by atomic mass is 10.1. The number of hydrogen-bond donors (Lipinski definition) is 1. The largest absolute Gasteiger partial charge is 0.338 e. The number of likely N-dealkylation sites (tertiary alicyclic amines) is 1. The summed E-state index contributed by atoms with van der Waals surface area (Å²) in [7, 11) is 3.90. The normalized spacial score (nSPS) is 17.1. The zero-order chi connectivity index (χ0) is 14.7. The standard InChI is InChI=1S/C15H26N4O.2ClH/c1-11-14(12(2)18(4)17-11)7-8-15(20)19-9-5-6-13(19)10-16-3;;/h13,16H,5-10H2,1-4H3;2*1H. The summed E-state index contributed by atoms with van der Waals surface area (Å²) in [5.41, 5.74) is 3.44. The minimum atomic E-state index is 0. The Morgan fingerprint density at radius 2 is 2.05 bits per heavy atom. The van der Waals surface area contributed by atoms with Crippen LogP contribution in [-0.2, 0) is 18.3 Å². The molecule has 1 amide bonds. The van der Waals surface area contributed by atoms with Crippen LogP contribution in [0.3, 0.4) is 0 Å². The van der Waals surface area contributed by atoms with Gasteiger partial charge >= 0.3 is 0 Å². The molecule has 128 valence electrons. The molecule has 1 aliphatic heterocycles. The highest BCUT2D eigenvalue weighted by atomic mass is 35.5. The molecule has 1 atom stereocenters. The Morgan fingerprint density at radius 1 is 1.36 bits per heavy atom. The molecule has 1 aromatic heterocycles. The number of nitrogens with zero attached hydrogens (tertiary/aromatic N) is 3. The predicted molar refractivity (Wildman–Crippen MR) is 94.2 cm³/mol. The van der Waals surface area contributed by atoms with Crippen LogP contribution in [0.1, 0.15) is 36.2 Å². The molecule has 0 aromatic carbocycles. The summed E-state index contributed by atoms with van der Waals surface area (Å²) in [5, 5.41) is 7.59. The molecule has 22 heavy (non-hydrogen) atoms. The van der Waals surface area contributed by atoms with Crippen molar-refractivity contribution in [3.05, 3.63) is 17.0 Å². The molecule has 1 N–H and O–H groups in total. The quantitative estimate of drug-likeness (QED) is 0.883. The van der Waals surface area contributed by atoms with Gasteiger partial charge in [0.05, 0.1) is 5.69 Å². The molecule has 0 bridgehead atoms. The van der Waals surface area contributed by atoms with Gasteiger partial charge in [-0.15, -0.1) is 24.8 Å². The lowest BCUT2D eigenvalue weighted by molar-refractivity contribution is -0.131. The number of nitrogens with one attached hydrogen (secondary N) is 1. The van der Waals surface area contributed by atoms with Gasteiger partial charge in [0.25, 0.3) is 0 Å². The van der Waals surface area contributed by atoms with E-state index >= 15 is 0 Å². The van der Waals surface area contributed by atoms with Crippen LogP contribution in [0.5, 0.6) is 0 Å². The average Bonchev–Trinajstić information content (AvgIpc) is 2.95. The molecule has 0 spiro atoms. The van der Waals surface area contributed by atoms with E-state index < -0.39 is 0 Å². The molecular weight excluding hydrogens is 323 g/mol. The van der Waals surface area contributed by atoms with Crippen LogP contribution < -0.4 is 5.32 Å². The van der Waals surface area contributed by atoms with E-state index in [9.17, 15) is 4.79 Å². The second kappa shape index (κ2) is 9.38. The zero-order valence-corrected chi connectivity index (χ0v) is 15.5. The van der Waals surface area contributed by atoms with Gasteiger partial charge in [-0.1, -0.05) is 0 Å². The molecule has 1 saturated heterocycles. The summed E-state index contributed by atoms with van der Waals surface area (Å²) in [6, 6.07) is 0.378. The molecule has 5 nitrogen and oxygen atoms in total. The Morgan fingerprint density at radius 3 is 2.59 bits per heavy atom. The molecule has 1 aliphatic rings. The number of aromatic nitrogens is 2. The Kier molecular flexibility index (Phi) is 9.05. The van der Waals surface area contributed by atoms with Gasteiger partial charge in [-0.25, -0.2) is 0 Å². The van der Waals surface area contributed by atoms with Crippen LogP contribution in [0.2, 0.25) is 0 Å². The number of carbonyl (C=O) groups is 1. The van der Waals surface area contributed by atoms with E-state index in [0.29, 0.717) is 12.5 Å². The van der Waals surface area contributed by atoms with Gasteiger partial charge < -0.3 is 10.2 Å². The fraction of sp³-hybridized carbons (Fsp3) is 0.733. The smallest absolute Gasteiger partial charge is 0.223 e. The first-order valence-electron chi connectivity index (χ1n) is 7.47. The molecule has 0 aliphatic carbocycles. The summed E-state index contributed by atoms with van der Waals surface area (Å²) in [4.78, 5) is 14.5. The average molecular weight is 351 g/mol. The minimum Gasteiger partial charge on any atom is -0.338 e. The topological polar surface area (TPSA) is 50.2 Å². The predicted octanol–water partition coefficient (Wildman–Crippen LogP) is 2.02. The summed E-state index contributed by atoms with van der Waals surface area (Å²) in [6.45, 7) is 5.90. The van der Waals surface area contributed by atoms with Crippen molar-refractivity contribution >= 4 is 30.7 Å². The van der Waals surface area contributed by atoms with Crippen molar-refractivity contribution in [2.24, 2.45) is 7.05 Å². The van der Waals surface area contributed by atoms with Crippen LogP contribution in [0.25, 0.3) is 0 Å². The maximum Gasteiger partial charge on any atom is 0.223 e. The van der Waals surface area contributed by atoms with Crippen molar-refractivity contribution in [1.82, 2.24) is 20.0 Å². The lowest BCUT2D eigenvalue weighted by Gasteiger charge is -2.24. The van der Waals surface area contributed by atoms with Crippen LogP contribution in [-0.4, -0.2) is 46.8 Å². The number of hydrogen-bond acceptors (Lipinski definition) is 3. The summed E-state index contributed by atoms with van der Waals surface area (Å²) in [6.07, 6.45) is 3.64. The van der Waals surface area contributed by atoms with E-state index in [4.69, 9.17) is 0 Å². The molecule has 1 fully saturated rings. The van der Waals surface area contributed by atoms with Crippen molar-refractivity contribution < 1.29 is 4.79 Å². The number of carbonyl (C=O) groups excluding carboxylic acids is 1. The Bertz CT molecular complexity index is 490. The second-order valence-electron chi connectivity index (χ2n) is 5.71. The van der Waals surface area contributed by atoms with Crippen LogP contribution in [0, 0.1) is 13.8 Å². The Balaban J connectivity index is 0.00000220. The van der Waals surface area contributed by atoms with Crippen LogP contribution in [0.4, 0.5) is 0 Å². The number of likely N-dealkylation sites (N-methyl/N-ethyl adjacent to an activating group) is 1. The maximum absolute atomic E-state index is 12.4. The molecule has 0 radical (unpaired) electrons. The minimum absolute atomic E-state index is 0. The highest BCUT2D eigenvalue weighted by molar-refractivity contribution is 5.85.